The summed E-state index contributed by atoms with van der Waals surface area (Å²) in [5.41, 5.74) is 8.23. The Morgan fingerprint density at radius 2 is 1.39 bits per heavy atom. The van der Waals surface area contributed by atoms with Crippen molar-refractivity contribution in [1.82, 2.24) is 5.32 Å². The predicted molar refractivity (Wildman–Crippen MR) is 149 cm³/mol. The van der Waals surface area contributed by atoms with E-state index in [1.165, 1.54) is 21.3 Å². The number of methoxy groups -OCH3 is 5. The van der Waals surface area contributed by atoms with Gasteiger partial charge in [-0.1, -0.05) is 6.07 Å². The van der Waals surface area contributed by atoms with Crippen LogP contribution in [0, 0.1) is 5.41 Å². The van der Waals surface area contributed by atoms with E-state index in [-0.39, 0.29) is 30.7 Å². The van der Waals surface area contributed by atoms with Gasteiger partial charge in [0, 0.05) is 17.8 Å². The van der Waals surface area contributed by atoms with Crippen molar-refractivity contribution < 1.29 is 28.5 Å². The molecule has 0 spiro atoms. The van der Waals surface area contributed by atoms with Crippen LogP contribution in [0.25, 0.3) is 0 Å². The van der Waals surface area contributed by atoms with E-state index < -0.39 is 6.04 Å². The van der Waals surface area contributed by atoms with Crippen LogP contribution in [0.1, 0.15) is 22.7 Å². The first-order valence-electron chi connectivity index (χ1n) is 11.3. The van der Waals surface area contributed by atoms with Crippen LogP contribution in [-0.4, -0.2) is 47.3 Å². The van der Waals surface area contributed by atoms with Crippen molar-refractivity contribution in [3.8, 4) is 28.7 Å². The van der Waals surface area contributed by atoms with Crippen molar-refractivity contribution >= 4 is 29.8 Å². The molecule has 38 heavy (non-hydrogen) atoms. The first-order chi connectivity index (χ1) is 17.8. The van der Waals surface area contributed by atoms with Gasteiger partial charge >= 0.3 is 0 Å². The van der Waals surface area contributed by atoms with Gasteiger partial charge in [0.25, 0.3) is 0 Å². The zero-order valence-electron chi connectivity index (χ0n) is 21.9. The van der Waals surface area contributed by atoms with Gasteiger partial charge in [0.2, 0.25) is 11.7 Å². The molecule has 11 heteroatoms. The van der Waals surface area contributed by atoms with Gasteiger partial charge in [-0.3, -0.25) is 10.2 Å². The lowest BCUT2D eigenvalue weighted by Crippen LogP contribution is -2.33. The fraction of sp³-hybridized carbons (Fsp3) is 0.259. The summed E-state index contributed by atoms with van der Waals surface area (Å²) >= 11 is 0. The summed E-state index contributed by atoms with van der Waals surface area (Å²) in [6, 6.07) is 15.0. The molecule has 0 heterocycles. The number of rotatable bonds is 12. The van der Waals surface area contributed by atoms with Gasteiger partial charge in [-0.05, 0) is 59.7 Å². The standard InChI is InChI=1S/C27H32N4O6.ClH/c1-33-20-11-6-16(12-21(20)34-2)15-30-27(32)24(31-19-9-7-17(8-10-19)26(28)29)18-13-22(35-3)25(37-5)23(14-18)36-4;/h6-14,24,31H,15H2,1-5H3,(H3,28,29)(H,30,32);1H/t24-;/m1./s1. The Balaban J connectivity index is 0.00000507. The van der Waals surface area contributed by atoms with Crippen molar-refractivity contribution in [3.05, 3.63) is 71.3 Å². The number of hydrogen-bond acceptors (Lipinski definition) is 8. The maximum Gasteiger partial charge on any atom is 0.247 e. The third-order valence-electron chi connectivity index (χ3n) is 5.70. The Hall–Kier alpha value is -4.31. The molecule has 0 saturated heterocycles. The molecular formula is C27H33ClN4O6. The zero-order chi connectivity index (χ0) is 26.9. The lowest BCUT2D eigenvalue weighted by molar-refractivity contribution is -0.122. The van der Waals surface area contributed by atoms with E-state index in [4.69, 9.17) is 34.8 Å². The Kier molecular flexibility index (Phi) is 10.9. The van der Waals surface area contributed by atoms with Gasteiger partial charge in [-0.15, -0.1) is 12.4 Å². The van der Waals surface area contributed by atoms with Crippen molar-refractivity contribution in [2.45, 2.75) is 12.6 Å². The number of nitrogen functional groups attached to an aromatic ring is 1. The average Bonchev–Trinajstić information content (AvgIpc) is 2.93. The van der Waals surface area contributed by atoms with Gasteiger partial charge in [-0.25, -0.2) is 0 Å². The summed E-state index contributed by atoms with van der Waals surface area (Å²) in [5, 5.41) is 13.8. The summed E-state index contributed by atoms with van der Waals surface area (Å²) in [5.74, 6) is 2.10. The van der Waals surface area contributed by atoms with Crippen LogP contribution in [0.4, 0.5) is 5.69 Å². The van der Waals surface area contributed by atoms with Gasteiger partial charge in [0.05, 0.1) is 35.5 Å². The third kappa shape index (κ3) is 6.92. The molecule has 204 valence electrons. The second kappa shape index (κ2) is 13.8. The van der Waals surface area contributed by atoms with E-state index in [1.807, 2.05) is 12.1 Å². The Morgan fingerprint density at radius 3 is 1.89 bits per heavy atom. The van der Waals surface area contributed by atoms with E-state index in [0.717, 1.165) is 5.56 Å². The molecule has 3 rings (SSSR count). The van der Waals surface area contributed by atoms with Crippen molar-refractivity contribution in [2.24, 2.45) is 5.73 Å². The van der Waals surface area contributed by atoms with Crippen molar-refractivity contribution in [1.29, 1.82) is 5.41 Å². The van der Waals surface area contributed by atoms with Crippen LogP contribution in [0.15, 0.2) is 54.6 Å². The first kappa shape index (κ1) is 29.9. The Bertz CT molecular complexity index is 1230. The summed E-state index contributed by atoms with van der Waals surface area (Å²) < 4.78 is 27.1. The number of amidine groups is 1. The van der Waals surface area contributed by atoms with E-state index in [2.05, 4.69) is 10.6 Å². The lowest BCUT2D eigenvalue weighted by atomic mass is 10.0. The topological polar surface area (TPSA) is 137 Å². The normalized spacial score (nSPS) is 10.9. The van der Waals surface area contributed by atoms with Gasteiger partial charge in [0.1, 0.15) is 11.9 Å². The highest BCUT2D eigenvalue weighted by Gasteiger charge is 2.25. The number of halogens is 1. The van der Waals surface area contributed by atoms with Gasteiger partial charge in [0.15, 0.2) is 23.0 Å². The zero-order valence-corrected chi connectivity index (χ0v) is 22.7. The number of anilines is 1. The lowest BCUT2D eigenvalue weighted by Gasteiger charge is -2.22. The number of benzene rings is 3. The van der Waals surface area contributed by atoms with E-state index >= 15 is 0 Å². The molecule has 0 fully saturated rings. The number of carbonyl (C=O) groups is 1. The molecule has 0 aliphatic heterocycles. The van der Waals surface area contributed by atoms with Crippen LogP contribution in [-0.2, 0) is 11.3 Å². The molecule has 3 aromatic carbocycles. The number of carbonyl (C=O) groups excluding carboxylic acids is 1. The monoisotopic (exact) mass is 544 g/mol. The van der Waals surface area contributed by atoms with Crippen LogP contribution < -0.4 is 40.1 Å². The van der Waals surface area contributed by atoms with Crippen LogP contribution in [0.3, 0.4) is 0 Å². The molecule has 0 aromatic heterocycles. The number of hydrogen-bond donors (Lipinski definition) is 4. The second-order valence-corrected chi connectivity index (χ2v) is 7.93. The largest absolute Gasteiger partial charge is 0.493 e. The molecule has 0 saturated carbocycles. The van der Waals surface area contributed by atoms with Crippen molar-refractivity contribution in [3.63, 3.8) is 0 Å². The van der Waals surface area contributed by atoms with Crippen LogP contribution in [0.2, 0.25) is 0 Å². The SMILES string of the molecule is COc1ccc(CNC(=O)[C@H](Nc2ccc(C(=N)N)cc2)c2cc(OC)c(OC)c(OC)c2)cc1OC.Cl. The highest BCUT2D eigenvalue weighted by molar-refractivity contribution is 5.95. The maximum atomic E-state index is 13.5. The molecule has 3 aromatic rings. The second-order valence-electron chi connectivity index (χ2n) is 7.93. The van der Waals surface area contributed by atoms with Crippen LogP contribution in [0.5, 0.6) is 28.7 Å². The quantitative estimate of drug-likeness (QED) is 0.199. The molecular weight excluding hydrogens is 512 g/mol. The fourth-order valence-electron chi connectivity index (χ4n) is 3.76. The molecule has 1 amide bonds. The van der Waals surface area contributed by atoms with Crippen LogP contribution >= 0.6 is 12.4 Å². The van der Waals surface area contributed by atoms with E-state index in [9.17, 15) is 4.79 Å². The van der Waals surface area contributed by atoms with Gasteiger partial charge < -0.3 is 40.1 Å². The number of nitrogens with one attached hydrogen (secondary N) is 3. The van der Waals surface area contributed by atoms with E-state index in [0.29, 0.717) is 45.6 Å². The Labute approximate surface area is 228 Å². The molecule has 0 aliphatic carbocycles. The molecule has 10 nitrogen and oxygen atoms in total. The fourth-order valence-corrected chi connectivity index (χ4v) is 3.76. The third-order valence-corrected chi connectivity index (χ3v) is 5.70. The molecule has 0 unspecified atom stereocenters. The first-order valence-corrected chi connectivity index (χ1v) is 11.3. The number of ether oxygens (including phenoxy) is 5. The summed E-state index contributed by atoms with van der Waals surface area (Å²) in [7, 11) is 7.67. The highest BCUT2D eigenvalue weighted by Crippen LogP contribution is 2.40. The predicted octanol–water partition coefficient (Wildman–Crippen LogP) is 3.91. The average molecular weight is 545 g/mol. The minimum Gasteiger partial charge on any atom is -0.493 e. The molecule has 0 bridgehead atoms. The highest BCUT2D eigenvalue weighted by atomic mass is 35.5. The molecule has 0 aliphatic rings. The summed E-state index contributed by atoms with van der Waals surface area (Å²) in [6.07, 6.45) is 0. The maximum absolute atomic E-state index is 13.5. The minimum absolute atomic E-state index is 0. The van der Waals surface area contributed by atoms with E-state index in [1.54, 1.807) is 56.7 Å². The molecule has 5 N–H and O–H groups in total. The Morgan fingerprint density at radius 1 is 0.816 bits per heavy atom. The molecule has 0 radical (unpaired) electrons. The molecule has 1 atom stereocenters. The van der Waals surface area contributed by atoms with Gasteiger partial charge in [-0.2, -0.15) is 0 Å². The van der Waals surface area contributed by atoms with Crippen molar-refractivity contribution in [2.75, 3.05) is 40.9 Å². The minimum atomic E-state index is -0.822. The summed E-state index contributed by atoms with van der Waals surface area (Å²) in [4.78, 5) is 13.5. The number of nitrogens with two attached hydrogens (primary N) is 1. The smallest absolute Gasteiger partial charge is 0.247 e. The number of amides is 1. The summed E-state index contributed by atoms with van der Waals surface area (Å²) in [6.45, 7) is 0.255.